The summed E-state index contributed by atoms with van der Waals surface area (Å²) in [5.74, 6) is -0.740. The molecule has 1 saturated heterocycles. The average molecular weight is 266 g/mol. The predicted molar refractivity (Wildman–Crippen MR) is 71.4 cm³/mol. The number of hydrogen-bond acceptors (Lipinski definition) is 3. The molecule has 1 aliphatic rings. The lowest BCUT2D eigenvalue weighted by atomic mass is 10.1. The van der Waals surface area contributed by atoms with Crippen LogP contribution in [0.4, 0.5) is 10.1 Å². The molecule has 0 radical (unpaired) electrons. The Balaban J connectivity index is 2.08. The van der Waals surface area contributed by atoms with Crippen LogP contribution in [0.3, 0.4) is 0 Å². The van der Waals surface area contributed by atoms with E-state index >= 15 is 0 Å². The summed E-state index contributed by atoms with van der Waals surface area (Å²) in [6.45, 7) is 3.79. The van der Waals surface area contributed by atoms with Crippen LogP contribution in [0.25, 0.3) is 0 Å². The highest BCUT2D eigenvalue weighted by Gasteiger charge is 2.22. The van der Waals surface area contributed by atoms with Crippen molar-refractivity contribution in [1.82, 2.24) is 4.90 Å². The molecule has 0 aromatic heterocycles. The first kappa shape index (κ1) is 13.8. The van der Waals surface area contributed by atoms with E-state index in [1.54, 1.807) is 11.0 Å². The third-order valence-electron chi connectivity index (χ3n) is 3.36. The van der Waals surface area contributed by atoms with Crippen molar-refractivity contribution in [3.63, 3.8) is 0 Å². The zero-order chi connectivity index (χ0) is 13.8. The third kappa shape index (κ3) is 3.23. The van der Waals surface area contributed by atoms with Crippen molar-refractivity contribution in [2.45, 2.75) is 25.9 Å². The molecule has 104 valence electrons. The molecule has 0 aliphatic carbocycles. The Labute approximate surface area is 112 Å². The summed E-state index contributed by atoms with van der Waals surface area (Å²) in [4.78, 5) is 14.0. The van der Waals surface area contributed by atoms with Gasteiger partial charge in [0.15, 0.2) is 0 Å². The first-order valence-corrected chi connectivity index (χ1v) is 6.57. The van der Waals surface area contributed by atoms with Gasteiger partial charge in [-0.05, 0) is 38.0 Å². The molecule has 1 unspecified atom stereocenters. The number of nitrogens with zero attached hydrogens (tertiary/aromatic N) is 1. The Bertz CT molecular complexity index is 459. The minimum atomic E-state index is -0.556. The second kappa shape index (κ2) is 6.02. The van der Waals surface area contributed by atoms with Crippen molar-refractivity contribution in [2.75, 3.05) is 25.4 Å². The first-order valence-electron chi connectivity index (χ1n) is 6.57. The summed E-state index contributed by atoms with van der Waals surface area (Å²) in [5, 5.41) is 0. The van der Waals surface area contributed by atoms with Crippen molar-refractivity contribution >= 4 is 11.6 Å². The second-order valence-electron chi connectivity index (χ2n) is 4.72. The van der Waals surface area contributed by atoms with E-state index in [0.717, 1.165) is 19.4 Å². The number of ether oxygens (including phenoxy) is 1. The molecule has 19 heavy (non-hydrogen) atoms. The van der Waals surface area contributed by atoms with Crippen molar-refractivity contribution in [1.29, 1.82) is 0 Å². The van der Waals surface area contributed by atoms with Crippen molar-refractivity contribution in [3.05, 3.63) is 29.6 Å². The van der Waals surface area contributed by atoms with Gasteiger partial charge in [0.1, 0.15) is 5.82 Å². The number of carbonyl (C=O) groups is 1. The van der Waals surface area contributed by atoms with E-state index in [4.69, 9.17) is 10.5 Å². The maximum absolute atomic E-state index is 13.4. The van der Waals surface area contributed by atoms with Gasteiger partial charge in [0.05, 0.1) is 11.8 Å². The predicted octanol–water partition coefficient (Wildman–Crippen LogP) is 2.05. The number of amides is 1. The maximum atomic E-state index is 13.4. The molecule has 5 heteroatoms. The smallest absolute Gasteiger partial charge is 0.254 e. The summed E-state index contributed by atoms with van der Waals surface area (Å²) in [6.07, 6.45) is 2.11. The minimum Gasteiger partial charge on any atom is -0.396 e. The number of hydrogen-bond donors (Lipinski definition) is 1. The second-order valence-corrected chi connectivity index (χ2v) is 4.72. The van der Waals surface area contributed by atoms with Gasteiger partial charge in [-0.15, -0.1) is 0 Å². The van der Waals surface area contributed by atoms with E-state index in [2.05, 4.69) is 0 Å². The van der Waals surface area contributed by atoms with Crippen molar-refractivity contribution < 1.29 is 13.9 Å². The lowest BCUT2D eigenvalue weighted by Crippen LogP contribution is -2.37. The zero-order valence-electron chi connectivity index (χ0n) is 11.1. The summed E-state index contributed by atoms with van der Waals surface area (Å²) in [6, 6.07) is 4.16. The molecule has 1 fully saturated rings. The van der Waals surface area contributed by atoms with Gasteiger partial charge in [-0.25, -0.2) is 4.39 Å². The van der Waals surface area contributed by atoms with Crippen LogP contribution in [-0.2, 0) is 4.74 Å². The molecule has 1 aliphatic heterocycles. The number of nitrogens with two attached hydrogens (primary N) is 1. The van der Waals surface area contributed by atoms with Gasteiger partial charge in [-0.2, -0.15) is 0 Å². The molecule has 1 amide bonds. The molecule has 2 N–H and O–H groups in total. The number of nitrogen functional groups attached to an aromatic ring is 1. The Morgan fingerprint density at radius 1 is 1.58 bits per heavy atom. The molecular weight excluding hydrogens is 247 g/mol. The molecule has 4 nitrogen and oxygen atoms in total. The number of anilines is 1. The molecule has 1 aromatic rings. The van der Waals surface area contributed by atoms with Gasteiger partial charge in [-0.1, -0.05) is 0 Å². The summed E-state index contributed by atoms with van der Waals surface area (Å²) in [7, 11) is 0. The summed E-state index contributed by atoms with van der Waals surface area (Å²) >= 11 is 0. The summed E-state index contributed by atoms with van der Waals surface area (Å²) < 4.78 is 18.9. The van der Waals surface area contributed by atoms with Crippen LogP contribution in [0.5, 0.6) is 0 Å². The van der Waals surface area contributed by atoms with Crippen molar-refractivity contribution in [3.8, 4) is 0 Å². The fourth-order valence-electron chi connectivity index (χ4n) is 2.23. The topological polar surface area (TPSA) is 55.6 Å². The van der Waals surface area contributed by atoms with Crippen LogP contribution >= 0.6 is 0 Å². The number of likely N-dealkylation sites (N-methyl/N-ethyl adjacent to an activating group) is 1. The first-order chi connectivity index (χ1) is 9.11. The molecule has 0 spiro atoms. The Hall–Kier alpha value is -1.62. The van der Waals surface area contributed by atoms with E-state index < -0.39 is 5.82 Å². The van der Waals surface area contributed by atoms with Gasteiger partial charge in [0.2, 0.25) is 0 Å². The van der Waals surface area contributed by atoms with Gasteiger partial charge >= 0.3 is 0 Å². The molecule has 0 bridgehead atoms. The number of benzene rings is 1. The van der Waals surface area contributed by atoms with Crippen LogP contribution in [0.1, 0.15) is 30.1 Å². The highest BCUT2D eigenvalue weighted by atomic mass is 19.1. The zero-order valence-corrected chi connectivity index (χ0v) is 11.1. The Kier molecular flexibility index (Phi) is 4.37. The van der Waals surface area contributed by atoms with Crippen LogP contribution in [-0.4, -0.2) is 36.6 Å². The SMILES string of the molecule is CCN(CC1CCCO1)C(=O)c1ccc(N)c(F)c1. The summed E-state index contributed by atoms with van der Waals surface area (Å²) in [5.41, 5.74) is 5.79. The standard InChI is InChI=1S/C14H19FN2O2/c1-2-17(9-11-4-3-7-19-11)14(18)10-5-6-13(16)12(15)8-10/h5-6,8,11H,2-4,7,9,16H2,1H3. The molecule has 1 aromatic carbocycles. The van der Waals surface area contributed by atoms with Gasteiger partial charge in [0, 0.05) is 25.3 Å². The Morgan fingerprint density at radius 2 is 2.37 bits per heavy atom. The fourth-order valence-corrected chi connectivity index (χ4v) is 2.23. The molecular formula is C14H19FN2O2. The monoisotopic (exact) mass is 266 g/mol. The van der Waals surface area contributed by atoms with Crippen molar-refractivity contribution in [2.24, 2.45) is 0 Å². The van der Waals surface area contributed by atoms with E-state index in [0.29, 0.717) is 18.7 Å². The quantitative estimate of drug-likeness (QED) is 0.849. The maximum Gasteiger partial charge on any atom is 0.254 e. The average Bonchev–Trinajstić information content (AvgIpc) is 2.91. The van der Waals surface area contributed by atoms with E-state index in [9.17, 15) is 9.18 Å². The third-order valence-corrected chi connectivity index (χ3v) is 3.36. The Morgan fingerprint density at radius 3 is 2.95 bits per heavy atom. The fraction of sp³-hybridized carbons (Fsp3) is 0.500. The van der Waals surface area contributed by atoms with Crippen LogP contribution in [0, 0.1) is 5.82 Å². The molecule has 0 saturated carbocycles. The van der Waals surface area contributed by atoms with E-state index in [1.165, 1.54) is 12.1 Å². The normalized spacial score (nSPS) is 18.5. The van der Waals surface area contributed by atoms with E-state index in [-0.39, 0.29) is 17.7 Å². The van der Waals surface area contributed by atoms with Crippen LogP contribution < -0.4 is 5.73 Å². The lowest BCUT2D eigenvalue weighted by molar-refractivity contribution is 0.0539. The van der Waals surface area contributed by atoms with Gasteiger partial charge in [-0.3, -0.25) is 4.79 Å². The number of halogens is 1. The van der Waals surface area contributed by atoms with Gasteiger partial charge < -0.3 is 15.4 Å². The molecule has 1 atom stereocenters. The highest BCUT2D eigenvalue weighted by Crippen LogP contribution is 2.17. The van der Waals surface area contributed by atoms with Gasteiger partial charge in [0.25, 0.3) is 5.91 Å². The molecule has 1 heterocycles. The number of carbonyl (C=O) groups excluding carboxylic acids is 1. The highest BCUT2D eigenvalue weighted by molar-refractivity contribution is 5.94. The van der Waals surface area contributed by atoms with Crippen LogP contribution in [0.2, 0.25) is 0 Å². The number of rotatable bonds is 4. The lowest BCUT2D eigenvalue weighted by Gasteiger charge is -2.24. The minimum absolute atomic E-state index is 0.0544. The van der Waals surface area contributed by atoms with Crippen LogP contribution in [0.15, 0.2) is 18.2 Å². The molecule has 2 rings (SSSR count). The van der Waals surface area contributed by atoms with E-state index in [1.807, 2.05) is 6.92 Å². The largest absolute Gasteiger partial charge is 0.396 e.